The summed E-state index contributed by atoms with van der Waals surface area (Å²) in [6.45, 7) is 2.30. The zero-order valence-electron chi connectivity index (χ0n) is 18.4. The maximum Gasteiger partial charge on any atom is 0.262 e. The van der Waals surface area contributed by atoms with Crippen molar-refractivity contribution in [1.82, 2.24) is 9.91 Å². The molecule has 6 nitrogen and oxygen atoms in total. The highest BCUT2D eigenvalue weighted by Crippen LogP contribution is 2.38. The number of methoxy groups -OCH3 is 1. The average Bonchev–Trinajstić information content (AvgIpc) is 3.56. The van der Waals surface area contributed by atoms with Gasteiger partial charge in [-0.3, -0.25) is 9.59 Å². The Balaban J connectivity index is 1.60. The highest BCUT2D eigenvalue weighted by atomic mass is 32.1. The summed E-state index contributed by atoms with van der Waals surface area (Å²) in [6.07, 6.45) is 0.615. The Hall–Kier alpha value is -2.88. The minimum absolute atomic E-state index is 0.180. The van der Waals surface area contributed by atoms with Gasteiger partial charge in [0, 0.05) is 30.5 Å². The monoisotopic (exact) mass is 485 g/mol. The van der Waals surface area contributed by atoms with Crippen LogP contribution < -0.4 is 0 Å². The first-order valence-electron chi connectivity index (χ1n) is 10.5. The normalized spacial score (nSPS) is 15.5. The molecule has 3 heterocycles. The van der Waals surface area contributed by atoms with Crippen LogP contribution in [0.5, 0.6) is 0 Å². The Labute approximate surface area is 199 Å². The van der Waals surface area contributed by atoms with Gasteiger partial charge in [0.1, 0.15) is 12.4 Å². The predicted octanol–water partition coefficient (Wildman–Crippen LogP) is 4.72. The minimum Gasteiger partial charge on any atom is -0.383 e. The van der Waals surface area contributed by atoms with Crippen LogP contribution in [0.25, 0.3) is 0 Å². The van der Waals surface area contributed by atoms with Gasteiger partial charge in [-0.2, -0.15) is 5.10 Å². The largest absolute Gasteiger partial charge is 0.383 e. The number of benzene rings is 1. The van der Waals surface area contributed by atoms with Crippen molar-refractivity contribution in [3.05, 3.63) is 79.9 Å². The molecular weight excluding hydrogens is 461 g/mol. The molecule has 0 saturated carbocycles. The number of nitrogens with zero attached hydrogens (tertiary/aromatic N) is 3. The molecule has 1 unspecified atom stereocenters. The summed E-state index contributed by atoms with van der Waals surface area (Å²) >= 11 is 3.18. The van der Waals surface area contributed by atoms with Gasteiger partial charge in [-0.25, -0.2) is 9.40 Å². The number of rotatable bonds is 8. The molecule has 33 heavy (non-hydrogen) atoms. The molecule has 3 aromatic rings. The molecule has 0 bridgehead atoms. The first-order chi connectivity index (χ1) is 16.0. The van der Waals surface area contributed by atoms with Crippen LogP contribution in [0.2, 0.25) is 0 Å². The van der Waals surface area contributed by atoms with Crippen molar-refractivity contribution in [3.8, 4) is 0 Å². The number of amides is 2. The van der Waals surface area contributed by atoms with E-state index in [9.17, 15) is 14.0 Å². The topological polar surface area (TPSA) is 62.2 Å². The van der Waals surface area contributed by atoms with Gasteiger partial charge in [-0.15, -0.1) is 22.7 Å². The van der Waals surface area contributed by atoms with Crippen LogP contribution in [-0.4, -0.2) is 54.2 Å². The zero-order valence-corrected chi connectivity index (χ0v) is 20.0. The van der Waals surface area contributed by atoms with Gasteiger partial charge in [-0.05, 0) is 53.6 Å². The first-order valence-corrected chi connectivity index (χ1v) is 12.2. The Bertz CT molecular complexity index is 1160. The second-order valence-electron chi connectivity index (χ2n) is 7.68. The molecular formula is C24H24FN3O3S2. The molecule has 1 atom stereocenters. The molecule has 4 rings (SSSR count). The maximum absolute atomic E-state index is 13.7. The molecule has 0 N–H and O–H groups in total. The zero-order chi connectivity index (χ0) is 23.4. The molecule has 9 heteroatoms. The van der Waals surface area contributed by atoms with Gasteiger partial charge in [0.15, 0.2) is 0 Å². The SMILES string of the molecule is COCCN(CC(=O)N1N=C(c2cccs2)CC1c1sccc1C)C(=O)c1cccc(F)c1. The fourth-order valence-corrected chi connectivity index (χ4v) is 5.49. The Morgan fingerprint density at radius 3 is 2.73 bits per heavy atom. The van der Waals surface area contributed by atoms with Crippen molar-refractivity contribution in [2.24, 2.45) is 5.10 Å². The molecule has 0 aliphatic carbocycles. The number of carbonyl (C=O) groups excluding carboxylic acids is 2. The van der Waals surface area contributed by atoms with Gasteiger partial charge in [0.05, 0.1) is 23.2 Å². The molecule has 172 valence electrons. The number of thiophene rings is 2. The van der Waals surface area contributed by atoms with Crippen molar-refractivity contribution in [2.45, 2.75) is 19.4 Å². The third-order valence-electron chi connectivity index (χ3n) is 5.43. The minimum atomic E-state index is -0.503. The fourth-order valence-electron chi connectivity index (χ4n) is 3.76. The van der Waals surface area contributed by atoms with E-state index in [1.54, 1.807) is 22.7 Å². The van der Waals surface area contributed by atoms with Gasteiger partial charge in [0.2, 0.25) is 0 Å². The van der Waals surface area contributed by atoms with Crippen LogP contribution in [0.4, 0.5) is 4.39 Å². The van der Waals surface area contributed by atoms with Gasteiger partial charge < -0.3 is 9.64 Å². The van der Waals surface area contributed by atoms with Gasteiger partial charge >= 0.3 is 0 Å². The molecule has 2 aromatic heterocycles. The van der Waals surface area contributed by atoms with E-state index in [2.05, 4.69) is 5.10 Å². The van der Waals surface area contributed by atoms with Crippen molar-refractivity contribution >= 4 is 40.2 Å². The van der Waals surface area contributed by atoms with E-state index in [-0.39, 0.29) is 37.2 Å². The number of hydrogen-bond acceptors (Lipinski definition) is 6. The van der Waals surface area contributed by atoms with E-state index in [0.29, 0.717) is 6.42 Å². The van der Waals surface area contributed by atoms with E-state index in [1.165, 1.54) is 41.3 Å². The molecule has 2 amide bonds. The summed E-state index contributed by atoms with van der Waals surface area (Å²) in [6, 6.07) is 11.2. The lowest BCUT2D eigenvalue weighted by atomic mass is 10.1. The molecule has 0 radical (unpaired) electrons. The summed E-state index contributed by atoms with van der Waals surface area (Å²) in [4.78, 5) is 30.0. The van der Waals surface area contributed by atoms with E-state index >= 15 is 0 Å². The van der Waals surface area contributed by atoms with E-state index in [0.717, 1.165) is 21.0 Å². The van der Waals surface area contributed by atoms with Crippen molar-refractivity contribution in [1.29, 1.82) is 0 Å². The highest BCUT2D eigenvalue weighted by molar-refractivity contribution is 7.12. The van der Waals surface area contributed by atoms with Crippen LogP contribution in [-0.2, 0) is 9.53 Å². The van der Waals surface area contributed by atoms with Gasteiger partial charge in [-0.1, -0.05) is 12.1 Å². The molecule has 1 aromatic carbocycles. The molecule has 0 spiro atoms. The van der Waals surface area contributed by atoms with Crippen molar-refractivity contribution in [3.63, 3.8) is 0 Å². The summed E-state index contributed by atoms with van der Waals surface area (Å²) < 4.78 is 18.8. The van der Waals surface area contributed by atoms with E-state index in [1.807, 2.05) is 35.9 Å². The van der Waals surface area contributed by atoms with Crippen LogP contribution in [0.1, 0.15) is 38.1 Å². The first kappa shape index (κ1) is 23.3. The molecule has 1 aliphatic heterocycles. The quantitative estimate of drug-likeness (QED) is 0.464. The lowest BCUT2D eigenvalue weighted by Crippen LogP contribution is -2.42. The second-order valence-corrected chi connectivity index (χ2v) is 9.58. The van der Waals surface area contributed by atoms with Crippen molar-refractivity contribution in [2.75, 3.05) is 26.8 Å². The number of ether oxygens (including phenoxy) is 1. The maximum atomic E-state index is 13.7. The summed E-state index contributed by atoms with van der Waals surface area (Å²) in [5, 5.41) is 10.2. The summed E-state index contributed by atoms with van der Waals surface area (Å²) in [5.41, 5.74) is 2.15. The lowest BCUT2D eigenvalue weighted by molar-refractivity contribution is -0.133. The Morgan fingerprint density at radius 2 is 2.06 bits per heavy atom. The lowest BCUT2D eigenvalue weighted by Gasteiger charge is -2.26. The smallest absolute Gasteiger partial charge is 0.262 e. The second kappa shape index (κ2) is 10.4. The predicted molar refractivity (Wildman–Crippen MR) is 128 cm³/mol. The molecule has 0 saturated heterocycles. The Kier molecular flexibility index (Phi) is 7.32. The average molecular weight is 486 g/mol. The summed E-state index contributed by atoms with van der Waals surface area (Å²) in [5.74, 6) is -1.22. The third kappa shape index (κ3) is 5.21. The Morgan fingerprint density at radius 1 is 1.21 bits per heavy atom. The van der Waals surface area contributed by atoms with Crippen LogP contribution >= 0.6 is 22.7 Å². The number of carbonyl (C=O) groups is 2. The van der Waals surface area contributed by atoms with Crippen LogP contribution in [0.15, 0.2) is 58.3 Å². The molecule has 0 fully saturated rings. The van der Waals surface area contributed by atoms with Crippen LogP contribution in [0, 0.1) is 12.7 Å². The van der Waals surface area contributed by atoms with E-state index in [4.69, 9.17) is 4.74 Å². The number of halogens is 1. The fraction of sp³-hybridized carbons (Fsp3) is 0.292. The number of aryl methyl sites for hydroxylation is 1. The summed E-state index contributed by atoms with van der Waals surface area (Å²) in [7, 11) is 1.53. The third-order valence-corrected chi connectivity index (χ3v) is 7.47. The molecule has 1 aliphatic rings. The standard InChI is InChI=1S/C24H24FN3O3S2/c1-16-8-12-33-23(16)20-14-19(21-7-4-11-32-21)26-28(20)22(29)15-27(9-10-31-2)24(30)17-5-3-6-18(25)13-17/h3-8,11-13,20H,9-10,14-15H2,1-2H3. The van der Waals surface area contributed by atoms with Crippen molar-refractivity contribution < 1.29 is 18.7 Å². The highest BCUT2D eigenvalue weighted by Gasteiger charge is 2.36. The van der Waals surface area contributed by atoms with Crippen LogP contribution in [0.3, 0.4) is 0 Å². The van der Waals surface area contributed by atoms with E-state index < -0.39 is 11.7 Å². The number of hydrazone groups is 1. The van der Waals surface area contributed by atoms with Gasteiger partial charge in [0.25, 0.3) is 11.8 Å². The number of hydrogen-bond donors (Lipinski definition) is 0.